The van der Waals surface area contributed by atoms with Crippen LogP contribution in [0.3, 0.4) is 0 Å². The molecule has 104 valence electrons. The van der Waals surface area contributed by atoms with Crippen LogP contribution in [-0.2, 0) is 6.54 Å². The summed E-state index contributed by atoms with van der Waals surface area (Å²) in [5, 5.41) is 12.3. The summed E-state index contributed by atoms with van der Waals surface area (Å²) in [5.74, 6) is -0.395. The molecule has 0 unspecified atom stereocenters. The van der Waals surface area contributed by atoms with Crippen LogP contribution in [-0.4, -0.2) is 18.1 Å². The molecule has 0 saturated carbocycles. The monoisotopic (exact) mass is 275 g/mol. The first-order valence-electron chi connectivity index (χ1n) is 6.00. The highest BCUT2D eigenvalue weighted by molar-refractivity contribution is 5.97. The Labute approximate surface area is 115 Å². The Bertz CT molecular complexity index is 611. The summed E-state index contributed by atoms with van der Waals surface area (Å²) < 4.78 is 17.8. The van der Waals surface area contributed by atoms with Crippen molar-refractivity contribution in [1.82, 2.24) is 5.32 Å². The van der Waals surface area contributed by atoms with Gasteiger partial charge in [0.2, 0.25) is 0 Å². The highest BCUT2D eigenvalue weighted by Gasteiger charge is 2.12. The highest BCUT2D eigenvalue weighted by Crippen LogP contribution is 2.22. The second-order valence-electron chi connectivity index (χ2n) is 4.19. The molecule has 0 bridgehead atoms. The van der Waals surface area contributed by atoms with Crippen molar-refractivity contribution < 1.29 is 19.0 Å². The maximum Gasteiger partial charge on any atom is 0.255 e. The molecule has 2 N–H and O–H groups in total. The van der Waals surface area contributed by atoms with E-state index in [1.807, 2.05) is 0 Å². The van der Waals surface area contributed by atoms with Crippen LogP contribution in [0.5, 0.6) is 11.5 Å². The molecule has 0 saturated heterocycles. The van der Waals surface area contributed by atoms with Gasteiger partial charge in [-0.15, -0.1) is 0 Å². The molecule has 5 heteroatoms. The van der Waals surface area contributed by atoms with Gasteiger partial charge in [-0.25, -0.2) is 4.39 Å². The lowest BCUT2D eigenvalue weighted by Gasteiger charge is -2.08. The molecular formula is C15H14FNO3. The van der Waals surface area contributed by atoms with Gasteiger partial charge < -0.3 is 15.2 Å². The van der Waals surface area contributed by atoms with Gasteiger partial charge in [0.15, 0.2) is 0 Å². The smallest absolute Gasteiger partial charge is 0.255 e. The predicted octanol–water partition coefficient (Wildman–Crippen LogP) is 2.47. The van der Waals surface area contributed by atoms with Crippen LogP contribution < -0.4 is 10.1 Å². The number of carbonyl (C=O) groups is 1. The Morgan fingerprint density at radius 1 is 1.25 bits per heavy atom. The number of phenolic OH excluding ortho intramolecular Hbond substituents is 1. The molecule has 0 heterocycles. The summed E-state index contributed by atoms with van der Waals surface area (Å²) in [6, 6.07) is 10.2. The number of hydrogen-bond donors (Lipinski definition) is 2. The number of benzene rings is 2. The zero-order valence-corrected chi connectivity index (χ0v) is 10.9. The van der Waals surface area contributed by atoms with E-state index in [-0.39, 0.29) is 23.7 Å². The van der Waals surface area contributed by atoms with Crippen molar-refractivity contribution in [2.75, 3.05) is 7.11 Å². The number of methoxy groups -OCH3 is 1. The van der Waals surface area contributed by atoms with E-state index in [1.165, 1.54) is 31.4 Å². The minimum Gasteiger partial charge on any atom is -0.507 e. The quantitative estimate of drug-likeness (QED) is 0.901. The second-order valence-corrected chi connectivity index (χ2v) is 4.19. The van der Waals surface area contributed by atoms with Crippen molar-refractivity contribution in [3.8, 4) is 11.5 Å². The summed E-state index contributed by atoms with van der Waals surface area (Å²) >= 11 is 0. The molecule has 0 fully saturated rings. The minimum atomic E-state index is -0.425. The van der Waals surface area contributed by atoms with E-state index in [0.29, 0.717) is 5.75 Å². The number of phenols is 1. The van der Waals surface area contributed by atoms with E-state index in [1.54, 1.807) is 18.2 Å². The number of aromatic hydroxyl groups is 1. The van der Waals surface area contributed by atoms with Crippen molar-refractivity contribution in [2.45, 2.75) is 6.54 Å². The van der Waals surface area contributed by atoms with Gasteiger partial charge in [-0.2, -0.15) is 0 Å². The number of halogens is 1. The second kappa shape index (κ2) is 6.06. The molecule has 0 aliphatic carbocycles. The lowest BCUT2D eigenvalue weighted by Crippen LogP contribution is -2.22. The van der Waals surface area contributed by atoms with Gasteiger partial charge in [-0.1, -0.05) is 12.1 Å². The molecule has 0 spiro atoms. The summed E-state index contributed by atoms with van der Waals surface area (Å²) in [4.78, 5) is 12.0. The maximum absolute atomic E-state index is 12.8. The number of nitrogens with one attached hydrogen (secondary N) is 1. The third-order valence-corrected chi connectivity index (χ3v) is 2.81. The number of amides is 1. The number of hydrogen-bond acceptors (Lipinski definition) is 3. The Morgan fingerprint density at radius 3 is 2.60 bits per heavy atom. The van der Waals surface area contributed by atoms with Crippen LogP contribution in [0.1, 0.15) is 15.9 Å². The molecule has 0 aromatic heterocycles. The number of carbonyl (C=O) groups excluding carboxylic acids is 1. The van der Waals surface area contributed by atoms with Gasteiger partial charge in [-0.3, -0.25) is 4.79 Å². The lowest BCUT2D eigenvalue weighted by atomic mass is 10.1. The molecule has 0 aliphatic rings. The molecule has 1 amide bonds. The van der Waals surface area contributed by atoms with Crippen molar-refractivity contribution in [3.05, 3.63) is 59.4 Å². The average Bonchev–Trinajstić information content (AvgIpc) is 2.47. The summed E-state index contributed by atoms with van der Waals surface area (Å²) in [7, 11) is 1.48. The molecule has 20 heavy (non-hydrogen) atoms. The zero-order chi connectivity index (χ0) is 14.5. The highest BCUT2D eigenvalue weighted by atomic mass is 19.1. The minimum absolute atomic E-state index is 0.123. The van der Waals surface area contributed by atoms with Gasteiger partial charge in [0.05, 0.1) is 12.7 Å². The third-order valence-electron chi connectivity index (χ3n) is 2.81. The van der Waals surface area contributed by atoms with Crippen molar-refractivity contribution in [1.29, 1.82) is 0 Å². The molecule has 4 nitrogen and oxygen atoms in total. The van der Waals surface area contributed by atoms with E-state index in [0.717, 1.165) is 5.56 Å². The van der Waals surface area contributed by atoms with Crippen LogP contribution in [0.2, 0.25) is 0 Å². The zero-order valence-electron chi connectivity index (χ0n) is 10.9. The van der Waals surface area contributed by atoms with Crippen LogP contribution in [0, 0.1) is 5.82 Å². The Balaban J connectivity index is 2.06. The first-order valence-corrected chi connectivity index (χ1v) is 6.00. The van der Waals surface area contributed by atoms with Crippen LogP contribution in [0.25, 0.3) is 0 Å². The van der Waals surface area contributed by atoms with Gasteiger partial charge in [-0.05, 0) is 35.9 Å². The Kier molecular flexibility index (Phi) is 4.20. The van der Waals surface area contributed by atoms with E-state index < -0.39 is 5.91 Å². The fourth-order valence-corrected chi connectivity index (χ4v) is 1.70. The standard InChI is InChI=1S/C15H14FNO3/c1-20-12-6-7-14(18)13(8-12)15(19)17-9-10-2-4-11(16)5-3-10/h2-8,18H,9H2,1H3,(H,17,19). The van der Waals surface area contributed by atoms with Gasteiger partial charge in [0.25, 0.3) is 5.91 Å². The predicted molar refractivity (Wildman–Crippen MR) is 72.2 cm³/mol. The van der Waals surface area contributed by atoms with Gasteiger partial charge in [0.1, 0.15) is 17.3 Å². The lowest BCUT2D eigenvalue weighted by molar-refractivity contribution is 0.0948. The molecule has 0 aliphatic heterocycles. The van der Waals surface area contributed by atoms with Crippen molar-refractivity contribution in [2.24, 2.45) is 0 Å². The van der Waals surface area contributed by atoms with Crippen LogP contribution in [0.15, 0.2) is 42.5 Å². The van der Waals surface area contributed by atoms with Gasteiger partial charge >= 0.3 is 0 Å². The maximum atomic E-state index is 12.8. The molecule has 2 aromatic rings. The van der Waals surface area contributed by atoms with Gasteiger partial charge in [0, 0.05) is 6.54 Å². The molecule has 2 rings (SSSR count). The molecule has 2 aromatic carbocycles. The Morgan fingerprint density at radius 2 is 1.95 bits per heavy atom. The van der Waals surface area contributed by atoms with E-state index >= 15 is 0 Å². The first kappa shape index (κ1) is 13.9. The fraction of sp³-hybridized carbons (Fsp3) is 0.133. The van der Waals surface area contributed by atoms with Crippen molar-refractivity contribution >= 4 is 5.91 Å². The number of rotatable bonds is 4. The van der Waals surface area contributed by atoms with E-state index in [2.05, 4.69) is 5.32 Å². The SMILES string of the molecule is COc1ccc(O)c(C(=O)NCc2ccc(F)cc2)c1. The largest absolute Gasteiger partial charge is 0.507 e. The summed E-state index contributed by atoms with van der Waals surface area (Å²) in [5.41, 5.74) is 0.897. The third kappa shape index (κ3) is 3.26. The topological polar surface area (TPSA) is 58.6 Å². The summed E-state index contributed by atoms with van der Waals surface area (Å²) in [6.07, 6.45) is 0. The Hall–Kier alpha value is -2.56. The fourth-order valence-electron chi connectivity index (χ4n) is 1.70. The average molecular weight is 275 g/mol. The first-order chi connectivity index (χ1) is 9.60. The van der Waals surface area contributed by atoms with Crippen LogP contribution in [0.4, 0.5) is 4.39 Å². The normalized spacial score (nSPS) is 10.1. The van der Waals surface area contributed by atoms with E-state index in [9.17, 15) is 14.3 Å². The molecule has 0 atom stereocenters. The molecular weight excluding hydrogens is 261 g/mol. The van der Waals surface area contributed by atoms with Crippen molar-refractivity contribution in [3.63, 3.8) is 0 Å². The molecule has 0 radical (unpaired) electrons. The number of ether oxygens (including phenoxy) is 1. The van der Waals surface area contributed by atoms with E-state index in [4.69, 9.17) is 4.74 Å². The van der Waals surface area contributed by atoms with Crippen LogP contribution >= 0.6 is 0 Å². The summed E-state index contributed by atoms with van der Waals surface area (Å²) in [6.45, 7) is 0.246.